The number of nitrogens with zero attached hydrogens (tertiary/aromatic N) is 3. The molecule has 4 nitrogen and oxygen atoms in total. The molecule has 0 aliphatic carbocycles. The van der Waals surface area contributed by atoms with Gasteiger partial charge in [0.15, 0.2) is 5.65 Å². The predicted molar refractivity (Wildman–Crippen MR) is 74.6 cm³/mol. The number of aromatic nitrogens is 4. The molecule has 4 rings (SSSR count). The van der Waals surface area contributed by atoms with Gasteiger partial charge in [-0.05, 0) is 16.8 Å². The van der Waals surface area contributed by atoms with Crippen molar-refractivity contribution in [3.05, 3.63) is 54.9 Å². The van der Waals surface area contributed by atoms with Gasteiger partial charge in [0.25, 0.3) is 0 Å². The Hall–Kier alpha value is -2.75. The minimum Gasteiger partial charge on any atom is -0.273 e. The van der Waals surface area contributed by atoms with E-state index >= 15 is 0 Å². The Bertz CT molecular complexity index is 879. The Morgan fingerprint density at radius 2 is 1.68 bits per heavy atom. The Balaban J connectivity index is 1.99. The van der Waals surface area contributed by atoms with Crippen LogP contribution in [0.3, 0.4) is 0 Å². The van der Waals surface area contributed by atoms with Crippen molar-refractivity contribution >= 4 is 21.9 Å². The second-order valence-corrected chi connectivity index (χ2v) is 4.39. The van der Waals surface area contributed by atoms with Crippen LogP contribution in [0.2, 0.25) is 0 Å². The minimum absolute atomic E-state index is 0.644. The number of rotatable bonds is 1. The van der Waals surface area contributed by atoms with Crippen LogP contribution < -0.4 is 0 Å². The first-order chi connectivity index (χ1) is 9.42. The molecule has 0 unspecified atom stereocenters. The lowest BCUT2D eigenvalue weighted by molar-refractivity contribution is 1.10. The lowest BCUT2D eigenvalue weighted by Gasteiger charge is -2.01. The zero-order valence-electron chi connectivity index (χ0n) is 10.0. The molecule has 90 valence electrons. The van der Waals surface area contributed by atoms with Crippen molar-refractivity contribution in [1.29, 1.82) is 0 Å². The number of hydrogen-bond acceptors (Lipinski definition) is 3. The normalized spacial score (nSPS) is 11.2. The van der Waals surface area contributed by atoms with Gasteiger partial charge >= 0.3 is 0 Å². The average molecular weight is 246 g/mol. The van der Waals surface area contributed by atoms with Crippen LogP contribution in [0.15, 0.2) is 54.9 Å². The summed E-state index contributed by atoms with van der Waals surface area (Å²) in [5.74, 6) is 0. The quantitative estimate of drug-likeness (QED) is 0.561. The molecule has 4 heteroatoms. The number of aromatic amines is 1. The summed E-state index contributed by atoms with van der Waals surface area (Å²) < 4.78 is 0. The van der Waals surface area contributed by atoms with Crippen LogP contribution in [0.25, 0.3) is 33.2 Å². The third-order valence-electron chi connectivity index (χ3n) is 3.23. The van der Waals surface area contributed by atoms with Gasteiger partial charge in [-0.2, -0.15) is 5.10 Å². The van der Waals surface area contributed by atoms with Gasteiger partial charge in [0.1, 0.15) is 5.52 Å². The maximum Gasteiger partial charge on any atom is 0.200 e. The highest BCUT2D eigenvalue weighted by molar-refractivity contribution is 5.92. The van der Waals surface area contributed by atoms with E-state index in [9.17, 15) is 0 Å². The highest BCUT2D eigenvalue weighted by Crippen LogP contribution is 2.26. The van der Waals surface area contributed by atoms with Crippen LogP contribution in [-0.4, -0.2) is 20.2 Å². The Morgan fingerprint density at radius 1 is 0.842 bits per heavy atom. The van der Waals surface area contributed by atoms with E-state index in [1.165, 1.54) is 10.8 Å². The molecule has 19 heavy (non-hydrogen) atoms. The van der Waals surface area contributed by atoms with E-state index in [0.29, 0.717) is 5.65 Å². The van der Waals surface area contributed by atoms with Crippen molar-refractivity contribution in [2.45, 2.75) is 0 Å². The second-order valence-electron chi connectivity index (χ2n) is 4.39. The first kappa shape index (κ1) is 10.2. The lowest BCUT2D eigenvalue weighted by Crippen LogP contribution is -1.82. The van der Waals surface area contributed by atoms with Crippen LogP contribution in [0.4, 0.5) is 0 Å². The molecule has 0 saturated heterocycles. The Morgan fingerprint density at radius 3 is 2.63 bits per heavy atom. The van der Waals surface area contributed by atoms with Crippen molar-refractivity contribution in [3.8, 4) is 11.3 Å². The highest BCUT2D eigenvalue weighted by Gasteiger charge is 2.09. The zero-order valence-corrected chi connectivity index (χ0v) is 10.0. The first-order valence-corrected chi connectivity index (χ1v) is 6.06. The predicted octanol–water partition coefficient (Wildman–Crippen LogP) is 3.17. The molecular weight excluding hydrogens is 236 g/mol. The third kappa shape index (κ3) is 1.57. The molecule has 0 aliphatic rings. The Kier molecular flexibility index (Phi) is 2.08. The van der Waals surface area contributed by atoms with Gasteiger partial charge in [0.05, 0.1) is 5.69 Å². The van der Waals surface area contributed by atoms with Crippen LogP contribution in [0.5, 0.6) is 0 Å². The molecular formula is C15H10N4. The fraction of sp³-hybridized carbons (Fsp3) is 0. The third-order valence-corrected chi connectivity index (χ3v) is 3.23. The summed E-state index contributed by atoms with van der Waals surface area (Å²) in [5, 5.41) is 9.62. The van der Waals surface area contributed by atoms with Gasteiger partial charge in [0, 0.05) is 18.0 Å². The van der Waals surface area contributed by atoms with E-state index in [-0.39, 0.29) is 0 Å². The van der Waals surface area contributed by atoms with Gasteiger partial charge in [0.2, 0.25) is 0 Å². The van der Waals surface area contributed by atoms with Crippen molar-refractivity contribution in [2.24, 2.45) is 0 Å². The number of hydrogen-bond donors (Lipinski definition) is 1. The van der Waals surface area contributed by atoms with E-state index in [4.69, 9.17) is 0 Å². The number of nitrogens with one attached hydrogen (secondary N) is 1. The van der Waals surface area contributed by atoms with Gasteiger partial charge in [-0.15, -0.1) is 0 Å². The molecule has 0 amide bonds. The van der Waals surface area contributed by atoms with E-state index in [1.807, 2.05) is 12.1 Å². The standard InChI is InChI=1S/C15H10N4/c1-2-4-11-9-12(6-5-10(11)3-1)13-14-15(19-18-13)17-8-7-16-14/h1-9H,(H,17,18,19). The monoisotopic (exact) mass is 246 g/mol. The van der Waals surface area contributed by atoms with Crippen molar-refractivity contribution in [2.75, 3.05) is 0 Å². The van der Waals surface area contributed by atoms with Crippen molar-refractivity contribution < 1.29 is 0 Å². The summed E-state index contributed by atoms with van der Waals surface area (Å²) >= 11 is 0. The van der Waals surface area contributed by atoms with Crippen LogP contribution in [0, 0.1) is 0 Å². The molecule has 2 aromatic heterocycles. The topological polar surface area (TPSA) is 54.5 Å². The van der Waals surface area contributed by atoms with Gasteiger partial charge in [-0.25, -0.2) is 9.97 Å². The molecule has 2 aromatic carbocycles. The summed E-state index contributed by atoms with van der Waals surface area (Å²) in [6.45, 7) is 0. The average Bonchev–Trinajstić information content (AvgIpc) is 2.91. The second kappa shape index (κ2) is 3.88. The molecule has 0 fully saturated rings. The summed E-state index contributed by atoms with van der Waals surface area (Å²) in [6.07, 6.45) is 3.33. The Labute approximate surface area is 109 Å². The largest absolute Gasteiger partial charge is 0.273 e. The fourth-order valence-electron chi connectivity index (χ4n) is 2.30. The molecule has 0 bridgehead atoms. The fourth-order valence-corrected chi connectivity index (χ4v) is 2.30. The van der Waals surface area contributed by atoms with E-state index in [0.717, 1.165) is 16.8 Å². The SMILES string of the molecule is c1ccc2cc(-c3[nH]nc4nccnc34)ccc2c1. The molecule has 0 radical (unpaired) electrons. The molecule has 0 spiro atoms. The maximum absolute atomic E-state index is 4.34. The molecule has 0 saturated carbocycles. The zero-order chi connectivity index (χ0) is 12.7. The van der Waals surface area contributed by atoms with E-state index in [2.05, 4.69) is 50.5 Å². The lowest BCUT2D eigenvalue weighted by atomic mass is 10.0. The van der Waals surface area contributed by atoms with E-state index < -0.39 is 0 Å². The van der Waals surface area contributed by atoms with Crippen LogP contribution in [-0.2, 0) is 0 Å². The van der Waals surface area contributed by atoms with E-state index in [1.54, 1.807) is 12.4 Å². The summed E-state index contributed by atoms with van der Waals surface area (Å²) in [4.78, 5) is 8.53. The molecule has 0 aliphatic heterocycles. The number of fused-ring (bicyclic) bond motifs is 2. The van der Waals surface area contributed by atoms with Crippen LogP contribution >= 0.6 is 0 Å². The molecule has 0 atom stereocenters. The van der Waals surface area contributed by atoms with Crippen molar-refractivity contribution in [1.82, 2.24) is 20.2 Å². The number of H-pyrrole nitrogens is 1. The van der Waals surface area contributed by atoms with Gasteiger partial charge in [-0.1, -0.05) is 36.4 Å². The van der Waals surface area contributed by atoms with Crippen LogP contribution in [0.1, 0.15) is 0 Å². The molecule has 2 heterocycles. The molecule has 1 N–H and O–H groups in total. The van der Waals surface area contributed by atoms with Gasteiger partial charge in [-0.3, -0.25) is 5.10 Å². The maximum atomic E-state index is 4.34. The number of benzene rings is 2. The van der Waals surface area contributed by atoms with Gasteiger partial charge < -0.3 is 0 Å². The smallest absolute Gasteiger partial charge is 0.200 e. The van der Waals surface area contributed by atoms with Crippen molar-refractivity contribution in [3.63, 3.8) is 0 Å². The molecule has 4 aromatic rings. The highest BCUT2D eigenvalue weighted by atomic mass is 15.2. The minimum atomic E-state index is 0.644. The summed E-state index contributed by atoms with van der Waals surface area (Å²) in [7, 11) is 0. The summed E-state index contributed by atoms with van der Waals surface area (Å²) in [6, 6.07) is 14.6. The summed E-state index contributed by atoms with van der Waals surface area (Å²) in [5.41, 5.74) is 3.43. The first-order valence-electron chi connectivity index (χ1n) is 6.06.